The molecule has 160 valence electrons. The Kier molecular flexibility index (Phi) is 7.46. The lowest BCUT2D eigenvalue weighted by molar-refractivity contribution is -0.253. The Hall–Kier alpha value is -2.61. The van der Waals surface area contributed by atoms with Crippen LogP contribution in [-0.2, 0) is 39.9 Å². The second kappa shape index (κ2) is 10.2. The molecule has 1 heterocycles. The smallest absolute Gasteiger partial charge is 0.303 e. The van der Waals surface area contributed by atoms with Gasteiger partial charge in [0, 0.05) is 32.3 Å². The molecule has 0 N–H and O–H groups in total. The lowest BCUT2D eigenvalue weighted by Gasteiger charge is -2.43. The summed E-state index contributed by atoms with van der Waals surface area (Å²) in [6.45, 7) is 7.70. The number of esters is 3. The van der Waals surface area contributed by atoms with Crippen LogP contribution in [0.1, 0.15) is 41.6 Å². The maximum Gasteiger partial charge on any atom is 0.303 e. The molecule has 1 fully saturated rings. The molecule has 0 saturated carbocycles. The molecule has 8 nitrogen and oxygen atoms in total. The highest BCUT2D eigenvalue weighted by Gasteiger charge is 2.45. The number of para-hydroxylation sites is 1. The third-order valence-corrected chi connectivity index (χ3v) is 4.84. The van der Waals surface area contributed by atoms with Gasteiger partial charge < -0.3 is 23.7 Å². The predicted octanol–water partition coefficient (Wildman–Crippen LogP) is 2.62. The molecule has 5 atom stereocenters. The molecular weight excluding hydrogens is 380 g/mol. The maximum absolute atomic E-state index is 11.7. The molecule has 29 heavy (non-hydrogen) atoms. The van der Waals surface area contributed by atoms with Crippen molar-refractivity contribution in [2.24, 2.45) is 11.8 Å². The van der Waals surface area contributed by atoms with Gasteiger partial charge in [0.15, 0.2) is 6.10 Å². The molecule has 0 aromatic heterocycles. The van der Waals surface area contributed by atoms with E-state index in [1.165, 1.54) is 32.9 Å². The van der Waals surface area contributed by atoms with E-state index in [1.54, 1.807) is 6.07 Å². The Morgan fingerprint density at radius 1 is 1.03 bits per heavy atom. The van der Waals surface area contributed by atoms with Gasteiger partial charge in [-0.3, -0.25) is 14.4 Å². The number of carbonyl (C=O) groups is 3. The first kappa shape index (κ1) is 21.1. The number of ether oxygens (including phenoxy) is 5. The summed E-state index contributed by atoms with van der Waals surface area (Å²) in [7, 11) is 0. The van der Waals surface area contributed by atoms with E-state index < -0.39 is 36.4 Å². The zero-order valence-corrected chi connectivity index (χ0v) is 17.3. The van der Waals surface area contributed by atoms with Crippen LogP contribution >= 0.6 is 0 Å². The van der Waals surface area contributed by atoms with Crippen LogP contribution < -0.4 is 4.74 Å². The average Bonchev–Trinajstić information content (AvgIpc) is 2.66. The molecule has 8 heteroatoms. The third-order valence-electron chi connectivity index (χ3n) is 4.84. The van der Waals surface area contributed by atoms with Crippen LogP contribution in [0.5, 0.6) is 5.75 Å². The van der Waals surface area contributed by atoms with Crippen molar-refractivity contribution in [3.05, 3.63) is 29.8 Å². The molecule has 0 amide bonds. The molecule has 0 bridgehead atoms. The highest BCUT2D eigenvalue weighted by Crippen LogP contribution is 2.35. The minimum atomic E-state index is -0.978. The Bertz CT molecular complexity index is 778. The second-order valence-corrected chi connectivity index (χ2v) is 7.07. The SMILES string of the molecule is [3H]c1ccc(O[C@@H]2OC(COC(C)=O)[C@@H](C)[C@H](C)C2OC(C)=O)c(COC(C)=O)c1. The normalized spacial score (nSPS) is 26.8. The van der Waals surface area contributed by atoms with Gasteiger partial charge in [-0.25, -0.2) is 0 Å². The Morgan fingerprint density at radius 3 is 2.34 bits per heavy atom. The summed E-state index contributed by atoms with van der Waals surface area (Å²) in [4.78, 5) is 34.1. The minimum absolute atomic E-state index is 0.0411. The van der Waals surface area contributed by atoms with Crippen molar-refractivity contribution in [1.29, 1.82) is 0 Å². The highest BCUT2D eigenvalue weighted by atomic mass is 16.7. The second-order valence-electron chi connectivity index (χ2n) is 7.07. The Labute approximate surface area is 171 Å². The number of benzene rings is 1. The van der Waals surface area contributed by atoms with Gasteiger partial charge in [0.05, 0.1) is 7.47 Å². The van der Waals surface area contributed by atoms with E-state index in [1.807, 2.05) is 13.8 Å². The zero-order chi connectivity index (χ0) is 22.4. The highest BCUT2D eigenvalue weighted by molar-refractivity contribution is 5.66. The molecule has 2 unspecified atom stereocenters. The number of carbonyl (C=O) groups excluding carboxylic acids is 3. The average molecular weight is 410 g/mol. The van der Waals surface area contributed by atoms with Gasteiger partial charge in [0.25, 0.3) is 0 Å². The van der Waals surface area contributed by atoms with Crippen LogP contribution in [0.25, 0.3) is 0 Å². The summed E-state index contributed by atoms with van der Waals surface area (Å²) in [5.74, 6) is -1.26. The van der Waals surface area contributed by atoms with E-state index in [0.717, 1.165) is 0 Å². The van der Waals surface area contributed by atoms with Crippen LogP contribution in [0.2, 0.25) is 0 Å². The van der Waals surface area contributed by atoms with Crippen molar-refractivity contribution >= 4 is 17.9 Å². The third kappa shape index (κ3) is 6.45. The lowest BCUT2D eigenvalue weighted by atomic mass is 9.83. The van der Waals surface area contributed by atoms with Gasteiger partial charge in [-0.15, -0.1) is 0 Å². The minimum Gasteiger partial charge on any atom is -0.463 e. The van der Waals surface area contributed by atoms with Gasteiger partial charge >= 0.3 is 17.9 Å². The molecule has 1 aliphatic rings. The standard InChI is InChI=1S/C21H28O8/c1-12-13(2)20(27-16(5)24)21(29-19(12)11-26-15(4)23)28-18-9-7-6-8-17(18)10-25-14(3)22/h6-9,12-13,19-21H,10-11H2,1-5H3/t12-,13-,19?,20?,21+/m0/s1/i6T. The topological polar surface area (TPSA) is 97.4 Å². The van der Waals surface area contributed by atoms with E-state index in [0.29, 0.717) is 11.3 Å². The molecule has 1 aromatic rings. The summed E-state index contributed by atoms with van der Waals surface area (Å²) >= 11 is 0. The fraction of sp³-hybridized carbons (Fsp3) is 0.571. The Balaban J connectivity index is 2.28. The van der Waals surface area contributed by atoms with Gasteiger partial charge in [0.1, 0.15) is 19.0 Å². The maximum atomic E-state index is 11.7. The van der Waals surface area contributed by atoms with Crippen molar-refractivity contribution in [3.63, 3.8) is 0 Å². The molecule has 0 spiro atoms. The summed E-state index contributed by atoms with van der Waals surface area (Å²) in [5, 5.41) is 0. The summed E-state index contributed by atoms with van der Waals surface area (Å²) in [6, 6.07) is 4.84. The number of hydrogen-bond acceptors (Lipinski definition) is 8. The first-order valence-electron chi connectivity index (χ1n) is 9.94. The molecule has 1 aliphatic heterocycles. The van der Waals surface area contributed by atoms with Gasteiger partial charge in [0.2, 0.25) is 6.29 Å². The van der Waals surface area contributed by atoms with E-state index in [4.69, 9.17) is 25.1 Å². The monoisotopic (exact) mass is 410 g/mol. The van der Waals surface area contributed by atoms with E-state index >= 15 is 0 Å². The molecule has 2 rings (SSSR count). The summed E-state index contributed by atoms with van der Waals surface area (Å²) < 4.78 is 35.5. The Morgan fingerprint density at radius 2 is 1.72 bits per heavy atom. The van der Waals surface area contributed by atoms with Crippen molar-refractivity contribution in [2.75, 3.05) is 6.61 Å². The molecular formula is C21H28O8. The number of rotatable bonds is 7. The first-order valence-corrected chi connectivity index (χ1v) is 9.44. The summed E-state index contributed by atoms with van der Waals surface area (Å²) in [5.41, 5.74) is 0.477. The molecule has 0 aliphatic carbocycles. The summed E-state index contributed by atoms with van der Waals surface area (Å²) in [6.07, 6.45) is -2.15. The van der Waals surface area contributed by atoms with E-state index in [9.17, 15) is 14.4 Å². The molecule has 0 radical (unpaired) electrons. The van der Waals surface area contributed by atoms with Crippen molar-refractivity contribution in [3.8, 4) is 5.75 Å². The lowest BCUT2D eigenvalue weighted by Crippen LogP contribution is -2.54. The van der Waals surface area contributed by atoms with Crippen molar-refractivity contribution < 1.29 is 39.4 Å². The fourth-order valence-corrected chi connectivity index (χ4v) is 3.08. The predicted molar refractivity (Wildman–Crippen MR) is 102 cm³/mol. The molecule has 1 aromatic carbocycles. The van der Waals surface area contributed by atoms with Crippen LogP contribution in [-0.4, -0.2) is 43.0 Å². The first-order chi connectivity index (χ1) is 14.1. The number of hydrogen-bond donors (Lipinski definition) is 0. The fourth-order valence-electron chi connectivity index (χ4n) is 3.08. The van der Waals surface area contributed by atoms with Gasteiger partial charge in [-0.2, -0.15) is 0 Å². The van der Waals surface area contributed by atoms with E-state index in [2.05, 4.69) is 0 Å². The quantitative estimate of drug-likeness (QED) is 0.500. The van der Waals surface area contributed by atoms with Gasteiger partial charge in [-0.1, -0.05) is 32.0 Å². The molecule has 1 saturated heterocycles. The van der Waals surface area contributed by atoms with Crippen LogP contribution in [0.3, 0.4) is 0 Å². The van der Waals surface area contributed by atoms with Crippen LogP contribution in [0, 0.1) is 11.8 Å². The van der Waals surface area contributed by atoms with Crippen LogP contribution in [0.15, 0.2) is 24.2 Å². The zero-order valence-electron chi connectivity index (χ0n) is 18.3. The van der Waals surface area contributed by atoms with Gasteiger partial charge in [-0.05, 0) is 12.0 Å². The van der Waals surface area contributed by atoms with Crippen molar-refractivity contribution in [1.82, 2.24) is 0 Å². The van der Waals surface area contributed by atoms with Crippen molar-refractivity contribution in [2.45, 2.75) is 59.7 Å². The van der Waals surface area contributed by atoms with E-state index in [-0.39, 0.29) is 31.1 Å². The van der Waals surface area contributed by atoms with Crippen LogP contribution in [0.4, 0.5) is 0 Å². The largest absolute Gasteiger partial charge is 0.463 e.